The van der Waals surface area contributed by atoms with Crippen molar-refractivity contribution >= 4 is 5.91 Å². The largest absolute Gasteiger partial charge is 0.486 e. The van der Waals surface area contributed by atoms with E-state index in [1.54, 1.807) is 4.90 Å². The third-order valence-corrected chi connectivity index (χ3v) is 5.63. The molecule has 1 saturated heterocycles. The summed E-state index contributed by atoms with van der Waals surface area (Å²) in [5, 5.41) is 7.66. The summed E-state index contributed by atoms with van der Waals surface area (Å²) in [5.74, 6) is 0.933. The fourth-order valence-corrected chi connectivity index (χ4v) is 4.16. The molecule has 3 aromatic rings. The quantitative estimate of drug-likeness (QED) is 0.610. The second-order valence-corrected chi connectivity index (χ2v) is 7.62. The summed E-state index contributed by atoms with van der Waals surface area (Å²) in [5.41, 5.74) is -0.128. The highest BCUT2D eigenvalue weighted by molar-refractivity contribution is 5.92. The fourth-order valence-electron chi connectivity index (χ4n) is 4.16. The lowest BCUT2D eigenvalue weighted by Crippen LogP contribution is -2.31. The Labute approximate surface area is 181 Å². The molecule has 0 spiro atoms. The fraction of sp³-hybridized carbons (Fsp3) is 0.318. The molecule has 3 heterocycles. The lowest BCUT2D eigenvalue weighted by molar-refractivity contribution is -0.137. The molecule has 0 aliphatic carbocycles. The number of halogens is 3. The van der Waals surface area contributed by atoms with Gasteiger partial charge in [-0.15, -0.1) is 5.10 Å². The number of carbonyl (C=O) groups excluding carboxylic acids is 1. The molecule has 32 heavy (non-hydrogen) atoms. The Hall–Kier alpha value is -3.56. The lowest BCUT2D eigenvalue weighted by atomic mass is 10.0. The minimum Gasteiger partial charge on any atom is -0.486 e. The smallest absolute Gasteiger partial charge is 0.418 e. The highest BCUT2D eigenvalue weighted by Gasteiger charge is 2.35. The Morgan fingerprint density at radius 2 is 1.84 bits per heavy atom. The molecule has 7 nitrogen and oxygen atoms in total. The van der Waals surface area contributed by atoms with Crippen LogP contribution in [0.4, 0.5) is 13.2 Å². The molecular formula is C22H19F3N4O3. The van der Waals surface area contributed by atoms with Crippen LogP contribution in [-0.4, -0.2) is 45.6 Å². The van der Waals surface area contributed by atoms with Crippen molar-refractivity contribution in [3.8, 4) is 17.2 Å². The van der Waals surface area contributed by atoms with E-state index >= 15 is 0 Å². The molecular weight excluding hydrogens is 425 g/mol. The molecule has 10 heteroatoms. The first-order valence-electron chi connectivity index (χ1n) is 10.2. The van der Waals surface area contributed by atoms with Gasteiger partial charge in [0.1, 0.15) is 13.2 Å². The topological polar surface area (TPSA) is 69.5 Å². The van der Waals surface area contributed by atoms with Crippen LogP contribution in [0.25, 0.3) is 5.69 Å². The van der Waals surface area contributed by atoms with Gasteiger partial charge in [0, 0.05) is 6.54 Å². The number of fused-ring (bicyclic) bond motifs is 1. The maximum Gasteiger partial charge on any atom is 0.418 e. The third-order valence-electron chi connectivity index (χ3n) is 5.63. The molecule has 0 N–H and O–H groups in total. The first-order chi connectivity index (χ1) is 15.4. The molecule has 2 aromatic carbocycles. The average Bonchev–Trinajstić information content (AvgIpc) is 3.48. The number of benzene rings is 2. The van der Waals surface area contributed by atoms with Crippen LogP contribution in [0.5, 0.6) is 11.5 Å². The van der Waals surface area contributed by atoms with Gasteiger partial charge in [0.05, 0.1) is 23.5 Å². The Morgan fingerprint density at radius 3 is 2.66 bits per heavy atom. The van der Waals surface area contributed by atoms with Gasteiger partial charge in [-0.05, 0) is 42.7 Å². The second kappa shape index (κ2) is 7.85. The molecule has 1 unspecified atom stereocenters. The standard InChI is InChI=1S/C22H19F3N4O3/c23-22(24,25)15-4-1-2-5-18(15)29-13-16(26-27-29)21(30)28-9-3-6-17(28)14-7-8-19-20(12-14)32-11-10-31-19/h1-2,4-5,7-8,12-13,17H,3,6,9-11H2. The number of hydrogen-bond acceptors (Lipinski definition) is 5. The van der Waals surface area contributed by atoms with Crippen molar-refractivity contribution < 1.29 is 27.4 Å². The first-order valence-corrected chi connectivity index (χ1v) is 10.2. The predicted octanol–water partition coefficient (Wildman–Crippen LogP) is 4.03. The summed E-state index contributed by atoms with van der Waals surface area (Å²) in [6.45, 7) is 1.48. The maximum absolute atomic E-state index is 13.3. The highest BCUT2D eigenvalue weighted by Crippen LogP contribution is 2.39. The number of para-hydroxylation sites is 1. The van der Waals surface area contributed by atoms with Crippen molar-refractivity contribution in [2.24, 2.45) is 0 Å². The molecule has 0 radical (unpaired) electrons. The van der Waals surface area contributed by atoms with E-state index in [-0.39, 0.29) is 23.3 Å². The maximum atomic E-state index is 13.3. The third kappa shape index (κ3) is 3.65. The number of rotatable bonds is 3. The van der Waals surface area contributed by atoms with Gasteiger partial charge in [0.25, 0.3) is 5.91 Å². The van der Waals surface area contributed by atoms with Crippen LogP contribution in [0.1, 0.15) is 40.5 Å². The van der Waals surface area contributed by atoms with E-state index in [1.807, 2.05) is 18.2 Å². The lowest BCUT2D eigenvalue weighted by Gasteiger charge is -2.26. The zero-order valence-corrected chi connectivity index (χ0v) is 16.9. The van der Waals surface area contributed by atoms with Gasteiger partial charge < -0.3 is 14.4 Å². The zero-order valence-electron chi connectivity index (χ0n) is 16.9. The summed E-state index contributed by atoms with van der Waals surface area (Å²) in [6, 6.07) is 10.5. The molecule has 1 atom stereocenters. The minimum absolute atomic E-state index is 0.00794. The minimum atomic E-state index is -4.55. The van der Waals surface area contributed by atoms with E-state index in [9.17, 15) is 18.0 Å². The van der Waals surface area contributed by atoms with E-state index in [1.165, 1.54) is 24.4 Å². The van der Waals surface area contributed by atoms with Crippen LogP contribution in [0.15, 0.2) is 48.7 Å². The van der Waals surface area contributed by atoms with Crippen molar-refractivity contribution in [1.29, 1.82) is 0 Å². The van der Waals surface area contributed by atoms with E-state index in [2.05, 4.69) is 10.3 Å². The average molecular weight is 444 g/mol. The molecule has 1 fully saturated rings. The van der Waals surface area contributed by atoms with E-state index in [0.29, 0.717) is 31.3 Å². The van der Waals surface area contributed by atoms with Gasteiger partial charge in [0.15, 0.2) is 17.2 Å². The van der Waals surface area contributed by atoms with Gasteiger partial charge in [-0.2, -0.15) is 13.2 Å². The summed E-state index contributed by atoms with van der Waals surface area (Å²) < 4.78 is 52.2. The number of likely N-dealkylation sites (tertiary alicyclic amines) is 1. The van der Waals surface area contributed by atoms with Crippen LogP contribution in [0.3, 0.4) is 0 Å². The SMILES string of the molecule is O=C(c1cn(-c2ccccc2C(F)(F)F)nn1)N1CCCC1c1ccc2c(c1)OCCO2. The van der Waals surface area contributed by atoms with Crippen LogP contribution < -0.4 is 9.47 Å². The molecule has 1 amide bonds. The van der Waals surface area contributed by atoms with Gasteiger partial charge in [-0.3, -0.25) is 4.79 Å². The second-order valence-electron chi connectivity index (χ2n) is 7.62. The number of hydrogen-bond donors (Lipinski definition) is 0. The van der Waals surface area contributed by atoms with Gasteiger partial charge in [-0.25, -0.2) is 4.68 Å². The molecule has 2 aliphatic rings. The Bertz CT molecular complexity index is 1160. The molecule has 0 bridgehead atoms. The molecule has 2 aliphatic heterocycles. The number of nitrogens with zero attached hydrogens (tertiary/aromatic N) is 4. The number of aromatic nitrogens is 3. The predicted molar refractivity (Wildman–Crippen MR) is 107 cm³/mol. The Morgan fingerprint density at radius 1 is 1.06 bits per heavy atom. The molecule has 1 aromatic heterocycles. The molecule has 5 rings (SSSR count). The summed E-state index contributed by atoms with van der Waals surface area (Å²) in [6.07, 6.45) is -1.75. The van der Waals surface area contributed by atoms with Crippen molar-refractivity contribution in [3.05, 3.63) is 65.5 Å². The number of alkyl halides is 3. The Kier molecular flexibility index (Phi) is 4.99. The van der Waals surface area contributed by atoms with Crippen LogP contribution >= 0.6 is 0 Å². The van der Waals surface area contributed by atoms with E-state index in [0.717, 1.165) is 29.2 Å². The number of amides is 1. The van der Waals surface area contributed by atoms with Gasteiger partial charge in [-0.1, -0.05) is 23.4 Å². The zero-order chi connectivity index (χ0) is 22.3. The van der Waals surface area contributed by atoms with E-state index in [4.69, 9.17) is 9.47 Å². The van der Waals surface area contributed by atoms with Crippen LogP contribution in [0.2, 0.25) is 0 Å². The van der Waals surface area contributed by atoms with Crippen molar-refractivity contribution in [1.82, 2.24) is 19.9 Å². The van der Waals surface area contributed by atoms with Crippen molar-refractivity contribution in [3.63, 3.8) is 0 Å². The normalized spacial score (nSPS) is 18.1. The Balaban J connectivity index is 1.41. The first kappa shape index (κ1) is 20.3. The van der Waals surface area contributed by atoms with E-state index < -0.39 is 11.7 Å². The van der Waals surface area contributed by atoms with Crippen LogP contribution in [-0.2, 0) is 6.18 Å². The van der Waals surface area contributed by atoms with Gasteiger partial charge >= 0.3 is 6.18 Å². The van der Waals surface area contributed by atoms with Crippen LogP contribution in [0, 0.1) is 0 Å². The summed E-state index contributed by atoms with van der Waals surface area (Å²) in [7, 11) is 0. The molecule has 0 saturated carbocycles. The monoisotopic (exact) mass is 444 g/mol. The molecule has 166 valence electrons. The number of ether oxygens (including phenoxy) is 2. The highest BCUT2D eigenvalue weighted by atomic mass is 19.4. The van der Waals surface area contributed by atoms with Gasteiger partial charge in [0.2, 0.25) is 0 Å². The summed E-state index contributed by atoms with van der Waals surface area (Å²) in [4.78, 5) is 14.9. The van der Waals surface area contributed by atoms with Crippen molar-refractivity contribution in [2.75, 3.05) is 19.8 Å². The summed E-state index contributed by atoms with van der Waals surface area (Å²) >= 11 is 0. The number of carbonyl (C=O) groups is 1. The van der Waals surface area contributed by atoms with Crippen molar-refractivity contribution in [2.45, 2.75) is 25.1 Å².